The minimum atomic E-state index is -0.830. The number of aromatic nitrogens is 2. The van der Waals surface area contributed by atoms with Crippen LogP contribution in [0.5, 0.6) is 5.75 Å². The van der Waals surface area contributed by atoms with E-state index in [1.807, 2.05) is 29.9 Å². The number of nitrogens with zero attached hydrogens (tertiary/aromatic N) is 3. The number of imidazole rings is 1. The number of ether oxygens (including phenoxy) is 1. The number of aryl methyl sites for hydroxylation is 1. The van der Waals surface area contributed by atoms with Crippen molar-refractivity contribution in [1.82, 2.24) is 14.5 Å². The number of aliphatic hydroxyl groups is 2. The zero-order valence-corrected chi connectivity index (χ0v) is 16.1. The van der Waals surface area contributed by atoms with Crippen LogP contribution >= 0.6 is 0 Å². The Morgan fingerprint density at radius 2 is 2.00 bits per heavy atom. The van der Waals surface area contributed by atoms with Crippen molar-refractivity contribution in [3.8, 4) is 5.75 Å². The average Bonchev–Trinajstić information content (AvgIpc) is 3.09. The van der Waals surface area contributed by atoms with Gasteiger partial charge in [0.2, 0.25) is 0 Å². The molecule has 0 radical (unpaired) electrons. The largest absolute Gasteiger partial charge is 0.496 e. The van der Waals surface area contributed by atoms with E-state index in [1.165, 1.54) is 12.0 Å². The summed E-state index contributed by atoms with van der Waals surface area (Å²) >= 11 is 0. The fourth-order valence-corrected chi connectivity index (χ4v) is 5.10. The summed E-state index contributed by atoms with van der Waals surface area (Å²) in [6.45, 7) is 2.52. The molecule has 27 heavy (non-hydrogen) atoms. The molecule has 6 heteroatoms. The van der Waals surface area contributed by atoms with Crippen LogP contribution in [0.4, 0.5) is 0 Å². The number of methoxy groups -OCH3 is 1. The molecule has 2 bridgehead atoms. The van der Waals surface area contributed by atoms with E-state index in [1.54, 1.807) is 13.3 Å². The Hall–Kier alpha value is -1.89. The summed E-state index contributed by atoms with van der Waals surface area (Å²) in [7, 11) is 3.59. The van der Waals surface area contributed by atoms with Crippen molar-refractivity contribution in [2.75, 3.05) is 20.2 Å². The highest BCUT2D eigenvalue weighted by Gasteiger charge is 2.53. The predicted octanol–water partition coefficient (Wildman–Crippen LogP) is 2.04. The third-order valence-corrected chi connectivity index (χ3v) is 6.41. The van der Waals surface area contributed by atoms with Crippen LogP contribution in [0.25, 0.3) is 0 Å². The number of hydrogen-bond acceptors (Lipinski definition) is 5. The van der Waals surface area contributed by atoms with Crippen molar-refractivity contribution < 1.29 is 14.9 Å². The fraction of sp³-hybridized carbons (Fsp3) is 0.571. The molecule has 2 aliphatic rings. The molecule has 2 aromatic rings. The lowest BCUT2D eigenvalue weighted by atomic mass is 9.65. The Balaban J connectivity index is 1.55. The number of benzene rings is 1. The monoisotopic (exact) mass is 371 g/mol. The van der Waals surface area contributed by atoms with Crippen LogP contribution < -0.4 is 4.74 Å². The molecule has 1 aromatic carbocycles. The number of rotatable bonds is 5. The normalized spacial score (nSPS) is 28.3. The van der Waals surface area contributed by atoms with Crippen molar-refractivity contribution in [2.45, 2.75) is 38.0 Å². The smallest absolute Gasteiger partial charge is 0.141 e. The topological polar surface area (TPSA) is 70.8 Å². The molecule has 0 amide bonds. The number of likely N-dealkylation sites (tertiary alicyclic amines) is 1. The van der Waals surface area contributed by atoms with E-state index in [0.717, 1.165) is 49.6 Å². The molecule has 0 spiro atoms. The Morgan fingerprint density at radius 1 is 1.26 bits per heavy atom. The maximum absolute atomic E-state index is 11.7. The van der Waals surface area contributed by atoms with Gasteiger partial charge in [0.1, 0.15) is 17.2 Å². The third-order valence-electron chi connectivity index (χ3n) is 6.41. The molecule has 1 aliphatic carbocycles. The highest BCUT2D eigenvalue weighted by Crippen LogP contribution is 2.48. The second kappa shape index (κ2) is 7.26. The molecule has 2 heterocycles. The first kappa shape index (κ1) is 18.5. The first-order valence-electron chi connectivity index (χ1n) is 9.75. The van der Waals surface area contributed by atoms with Gasteiger partial charge in [-0.1, -0.05) is 12.5 Å². The number of fused-ring (bicyclic) bond motifs is 2. The molecule has 2 N–H and O–H groups in total. The van der Waals surface area contributed by atoms with E-state index in [4.69, 9.17) is 4.74 Å². The van der Waals surface area contributed by atoms with Crippen LogP contribution in [-0.2, 0) is 25.8 Å². The standard InChI is InChI=1S/C21H29N3O3/c1-23-9-8-22-20(23)21(26)17-4-3-5-18(21)13-24(12-17)11-15-6-7-19(27-2)16(10-15)14-25/h6-10,17-18,25-26H,3-5,11-14H2,1-2H3. The zero-order chi connectivity index (χ0) is 19.0. The molecule has 1 saturated heterocycles. The summed E-state index contributed by atoms with van der Waals surface area (Å²) in [5, 5.41) is 21.2. The molecule has 4 rings (SSSR count). The van der Waals surface area contributed by atoms with Gasteiger partial charge in [0.05, 0.1) is 13.7 Å². The highest BCUT2D eigenvalue weighted by atomic mass is 16.5. The maximum atomic E-state index is 11.7. The second-order valence-corrected chi connectivity index (χ2v) is 8.01. The first-order valence-corrected chi connectivity index (χ1v) is 9.75. The Kier molecular flexibility index (Phi) is 4.97. The molecule has 2 unspecified atom stereocenters. The number of aliphatic hydroxyl groups excluding tert-OH is 1. The summed E-state index contributed by atoms with van der Waals surface area (Å²) in [5.74, 6) is 1.92. The van der Waals surface area contributed by atoms with Crippen molar-refractivity contribution >= 4 is 0 Å². The highest BCUT2D eigenvalue weighted by molar-refractivity contribution is 5.37. The molecule has 2 atom stereocenters. The van der Waals surface area contributed by atoms with Crippen LogP contribution in [0.3, 0.4) is 0 Å². The van der Waals surface area contributed by atoms with E-state index >= 15 is 0 Å². The molecular weight excluding hydrogens is 342 g/mol. The average molecular weight is 371 g/mol. The van der Waals surface area contributed by atoms with Crippen molar-refractivity contribution in [1.29, 1.82) is 0 Å². The molecule has 2 fully saturated rings. The van der Waals surface area contributed by atoms with Crippen LogP contribution in [0.1, 0.15) is 36.2 Å². The Morgan fingerprint density at radius 3 is 2.59 bits per heavy atom. The van der Waals surface area contributed by atoms with Gasteiger partial charge in [-0.05, 0) is 30.5 Å². The summed E-state index contributed by atoms with van der Waals surface area (Å²) in [5.41, 5.74) is 1.15. The second-order valence-electron chi connectivity index (χ2n) is 8.01. The zero-order valence-electron chi connectivity index (χ0n) is 16.1. The predicted molar refractivity (Wildman–Crippen MR) is 102 cm³/mol. The van der Waals surface area contributed by atoms with Gasteiger partial charge >= 0.3 is 0 Å². The van der Waals surface area contributed by atoms with Gasteiger partial charge in [0.25, 0.3) is 0 Å². The van der Waals surface area contributed by atoms with Crippen molar-refractivity contribution in [3.63, 3.8) is 0 Å². The fourth-order valence-electron chi connectivity index (χ4n) is 5.10. The molecular formula is C21H29N3O3. The first-order chi connectivity index (χ1) is 13.1. The van der Waals surface area contributed by atoms with Gasteiger partial charge in [-0.15, -0.1) is 0 Å². The number of piperidine rings is 1. The maximum Gasteiger partial charge on any atom is 0.141 e. The SMILES string of the molecule is COc1ccc(CN2CC3CCCC(C2)C3(O)c2nccn2C)cc1CO. The van der Waals surface area contributed by atoms with Crippen molar-refractivity contribution in [3.05, 3.63) is 47.5 Å². The van der Waals surface area contributed by atoms with Gasteiger partial charge in [-0.2, -0.15) is 0 Å². The molecule has 1 aromatic heterocycles. The lowest BCUT2D eigenvalue weighted by molar-refractivity contribution is -0.155. The van der Waals surface area contributed by atoms with Gasteiger partial charge in [0, 0.05) is 56.5 Å². The lowest BCUT2D eigenvalue weighted by Gasteiger charge is -2.52. The molecule has 1 saturated carbocycles. The number of hydrogen-bond donors (Lipinski definition) is 2. The van der Waals surface area contributed by atoms with Gasteiger partial charge in [-0.25, -0.2) is 4.98 Å². The summed E-state index contributed by atoms with van der Waals surface area (Å²) in [6.07, 6.45) is 6.93. The minimum absolute atomic E-state index is 0.0266. The van der Waals surface area contributed by atoms with E-state index in [0.29, 0.717) is 0 Å². The van der Waals surface area contributed by atoms with E-state index in [2.05, 4.69) is 16.0 Å². The summed E-state index contributed by atoms with van der Waals surface area (Å²) in [4.78, 5) is 6.94. The van der Waals surface area contributed by atoms with Gasteiger partial charge in [-0.3, -0.25) is 4.90 Å². The van der Waals surface area contributed by atoms with E-state index in [-0.39, 0.29) is 18.4 Å². The third kappa shape index (κ3) is 3.16. The van der Waals surface area contributed by atoms with Gasteiger partial charge in [0.15, 0.2) is 0 Å². The molecule has 146 valence electrons. The minimum Gasteiger partial charge on any atom is -0.496 e. The van der Waals surface area contributed by atoms with Crippen LogP contribution in [-0.4, -0.2) is 44.9 Å². The Labute approximate surface area is 160 Å². The van der Waals surface area contributed by atoms with Crippen LogP contribution in [0.15, 0.2) is 30.6 Å². The molecule has 6 nitrogen and oxygen atoms in total. The van der Waals surface area contributed by atoms with E-state index in [9.17, 15) is 10.2 Å². The Bertz CT molecular complexity index is 790. The van der Waals surface area contributed by atoms with Crippen LogP contribution in [0, 0.1) is 11.8 Å². The molecule has 1 aliphatic heterocycles. The van der Waals surface area contributed by atoms with E-state index < -0.39 is 5.60 Å². The summed E-state index contributed by atoms with van der Waals surface area (Å²) in [6, 6.07) is 6.01. The lowest BCUT2D eigenvalue weighted by Crippen LogP contribution is -2.58. The van der Waals surface area contributed by atoms with Gasteiger partial charge < -0.3 is 19.5 Å². The summed E-state index contributed by atoms with van der Waals surface area (Å²) < 4.78 is 7.28. The van der Waals surface area contributed by atoms with Crippen LogP contribution in [0.2, 0.25) is 0 Å². The van der Waals surface area contributed by atoms with Crippen molar-refractivity contribution in [2.24, 2.45) is 18.9 Å². The quantitative estimate of drug-likeness (QED) is 0.842.